The van der Waals surface area contributed by atoms with Crippen molar-refractivity contribution in [3.63, 3.8) is 0 Å². The lowest BCUT2D eigenvalue weighted by molar-refractivity contribution is 0.0976. The molecule has 5 rings (SSSR count). The summed E-state index contributed by atoms with van der Waals surface area (Å²) in [6.07, 6.45) is 1.56. The Morgan fingerprint density at radius 2 is 1.43 bits per heavy atom. The third-order valence-corrected chi connectivity index (χ3v) is 7.63. The molecule has 13 heteroatoms. The van der Waals surface area contributed by atoms with E-state index in [1.807, 2.05) is 6.07 Å². The third-order valence-electron chi connectivity index (χ3n) is 6.42. The van der Waals surface area contributed by atoms with Crippen molar-refractivity contribution in [3.8, 4) is 45.9 Å². The van der Waals surface area contributed by atoms with Gasteiger partial charge in [-0.25, -0.2) is 4.68 Å². The molecule has 0 radical (unpaired) electrons. The number of hydrogen-bond donors (Lipinski definition) is 1. The molecule has 0 spiro atoms. The Morgan fingerprint density at radius 1 is 0.850 bits per heavy atom. The van der Waals surface area contributed by atoms with Crippen LogP contribution in [0.25, 0.3) is 11.4 Å². The normalized spacial score (nSPS) is 15.9. The fourth-order valence-electron chi connectivity index (χ4n) is 4.52. The number of nitrogens with zero attached hydrogens (tertiary/aromatic N) is 3. The molecule has 2 aromatic carbocycles. The maximum atomic E-state index is 14.0. The standard InChI is InChI=1S/C27H28N4O8S/c1-33-17-10-14(11-18(34-2)23(17)37-5)22(32)25-21(16-8-7-9-39-16)30-31-26(28-29-27(31)40-25)15-12-19(35-3)24(38-6)20(13-15)36-4/h7-13,21,25,30H,1-6H3. The maximum Gasteiger partial charge on any atom is 0.211 e. The Labute approximate surface area is 234 Å². The van der Waals surface area contributed by atoms with Crippen molar-refractivity contribution in [2.75, 3.05) is 48.1 Å². The number of aromatic nitrogens is 3. The van der Waals surface area contributed by atoms with E-state index >= 15 is 0 Å². The Kier molecular flexibility index (Phi) is 7.65. The van der Waals surface area contributed by atoms with Crippen LogP contribution in [0.15, 0.2) is 52.2 Å². The average Bonchev–Trinajstić information content (AvgIpc) is 3.68. The van der Waals surface area contributed by atoms with Crippen LogP contribution in [-0.4, -0.2) is 68.6 Å². The van der Waals surface area contributed by atoms with Crippen LogP contribution in [0.2, 0.25) is 0 Å². The van der Waals surface area contributed by atoms with Gasteiger partial charge in [0.2, 0.25) is 16.7 Å². The third kappa shape index (κ3) is 4.62. The summed E-state index contributed by atoms with van der Waals surface area (Å²) in [7, 11) is 9.13. The summed E-state index contributed by atoms with van der Waals surface area (Å²) in [4.78, 5) is 14.0. The summed E-state index contributed by atoms with van der Waals surface area (Å²) < 4.78 is 40.3. The zero-order valence-corrected chi connectivity index (χ0v) is 23.5. The largest absolute Gasteiger partial charge is 0.493 e. The highest BCUT2D eigenvalue weighted by molar-refractivity contribution is 8.00. The number of furan rings is 1. The highest BCUT2D eigenvalue weighted by Crippen LogP contribution is 2.45. The smallest absolute Gasteiger partial charge is 0.211 e. The van der Waals surface area contributed by atoms with Crippen LogP contribution in [0, 0.1) is 0 Å². The van der Waals surface area contributed by atoms with Gasteiger partial charge in [0, 0.05) is 11.1 Å². The van der Waals surface area contributed by atoms with E-state index in [9.17, 15) is 4.79 Å². The predicted molar refractivity (Wildman–Crippen MR) is 146 cm³/mol. The number of Topliss-reactive ketones (excluding diaryl/α,β-unsaturated/α-hetero) is 1. The van der Waals surface area contributed by atoms with Gasteiger partial charge in [0.15, 0.2) is 34.6 Å². The quantitative estimate of drug-likeness (QED) is 0.275. The summed E-state index contributed by atoms with van der Waals surface area (Å²) in [5.41, 5.74) is 4.43. The SMILES string of the molecule is COc1cc(C(=O)C2Sc3nnc(-c4cc(OC)c(OC)c(OC)c4)n3NC2c2ccco2)cc(OC)c1OC. The summed E-state index contributed by atoms with van der Waals surface area (Å²) in [6.45, 7) is 0. The molecule has 0 amide bonds. The Hall–Kier alpha value is -4.52. The van der Waals surface area contributed by atoms with Gasteiger partial charge in [-0.1, -0.05) is 11.8 Å². The topological polar surface area (TPSA) is 128 Å². The molecule has 2 aromatic heterocycles. The number of ether oxygens (including phenoxy) is 6. The highest BCUT2D eigenvalue weighted by atomic mass is 32.2. The van der Waals surface area contributed by atoms with E-state index < -0.39 is 11.3 Å². The summed E-state index contributed by atoms with van der Waals surface area (Å²) in [5.74, 6) is 3.40. The fourth-order valence-corrected chi connectivity index (χ4v) is 5.66. The molecule has 2 unspecified atom stereocenters. The molecular weight excluding hydrogens is 540 g/mol. The second kappa shape index (κ2) is 11.3. The first-order valence-electron chi connectivity index (χ1n) is 12.0. The number of hydrogen-bond acceptors (Lipinski definition) is 12. The van der Waals surface area contributed by atoms with Crippen molar-refractivity contribution < 1.29 is 37.6 Å². The molecule has 3 heterocycles. The molecule has 2 atom stereocenters. The molecule has 0 bridgehead atoms. The number of carbonyl (C=O) groups is 1. The predicted octanol–water partition coefficient (Wildman–Crippen LogP) is 4.23. The molecule has 4 aromatic rings. The van der Waals surface area contributed by atoms with E-state index in [1.165, 1.54) is 40.2 Å². The van der Waals surface area contributed by atoms with Crippen molar-refractivity contribution >= 4 is 17.5 Å². The Morgan fingerprint density at radius 3 is 1.93 bits per heavy atom. The molecule has 0 aliphatic carbocycles. The lowest BCUT2D eigenvalue weighted by Crippen LogP contribution is -2.38. The van der Waals surface area contributed by atoms with Crippen molar-refractivity contribution in [1.29, 1.82) is 0 Å². The zero-order chi connectivity index (χ0) is 28.4. The number of rotatable bonds is 10. The first kappa shape index (κ1) is 27.1. The van der Waals surface area contributed by atoms with E-state index in [0.717, 1.165) is 0 Å². The Bertz CT molecular complexity index is 1470. The summed E-state index contributed by atoms with van der Waals surface area (Å²) >= 11 is 1.26. The second-order valence-corrected chi connectivity index (χ2v) is 9.60. The van der Waals surface area contributed by atoms with Crippen LogP contribution in [0.3, 0.4) is 0 Å². The molecule has 40 heavy (non-hydrogen) atoms. The number of methoxy groups -OCH3 is 6. The first-order valence-corrected chi connectivity index (χ1v) is 12.9. The number of fused-ring (bicyclic) bond motifs is 1. The van der Waals surface area contributed by atoms with Crippen molar-refractivity contribution in [2.45, 2.75) is 16.4 Å². The highest BCUT2D eigenvalue weighted by Gasteiger charge is 2.40. The van der Waals surface area contributed by atoms with Gasteiger partial charge in [0.25, 0.3) is 0 Å². The number of benzene rings is 2. The molecule has 0 saturated carbocycles. The van der Waals surface area contributed by atoms with Gasteiger partial charge < -0.3 is 38.3 Å². The van der Waals surface area contributed by atoms with Crippen LogP contribution in [-0.2, 0) is 0 Å². The van der Waals surface area contributed by atoms with Crippen LogP contribution in [0.4, 0.5) is 0 Å². The number of nitrogens with one attached hydrogen (secondary N) is 1. The van der Waals surface area contributed by atoms with Crippen LogP contribution in [0.1, 0.15) is 22.2 Å². The lowest BCUT2D eigenvalue weighted by atomic mass is 10.0. The van der Waals surface area contributed by atoms with E-state index in [-0.39, 0.29) is 5.78 Å². The second-order valence-electron chi connectivity index (χ2n) is 8.49. The maximum absolute atomic E-state index is 14.0. The average molecular weight is 569 g/mol. The minimum absolute atomic E-state index is 0.193. The monoisotopic (exact) mass is 568 g/mol. The van der Waals surface area contributed by atoms with Gasteiger partial charge in [-0.15, -0.1) is 10.2 Å². The Balaban J connectivity index is 1.58. The minimum atomic E-state index is -0.668. The molecular formula is C27H28N4O8S. The van der Waals surface area contributed by atoms with Crippen molar-refractivity contribution in [2.24, 2.45) is 0 Å². The van der Waals surface area contributed by atoms with Gasteiger partial charge in [0.05, 0.1) is 48.9 Å². The molecule has 1 aliphatic rings. The van der Waals surface area contributed by atoms with Crippen LogP contribution in [0.5, 0.6) is 34.5 Å². The zero-order valence-electron chi connectivity index (χ0n) is 22.7. The number of thioether (sulfide) groups is 1. The molecule has 0 saturated heterocycles. The molecule has 0 fully saturated rings. The first-order chi connectivity index (χ1) is 19.5. The van der Waals surface area contributed by atoms with E-state index in [4.69, 9.17) is 32.8 Å². The van der Waals surface area contributed by atoms with E-state index in [1.54, 1.807) is 55.5 Å². The summed E-state index contributed by atoms with van der Waals surface area (Å²) in [6, 6.07) is 9.82. The van der Waals surface area contributed by atoms with E-state index in [0.29, 0.717) is 62.4 Å². The van der Waals surface area contributed by atoms with Crippen molar-refractivity contribution in [3.05, 3.63) is 54.0 Å². The van der Waals surface area contributed by atoms with Crippen LogP contribution < -0.4 is 33.8 Å². The number of carbonyl (C=O) groups excluding carboxylic acids is 1. The van der Waals surface area contributed by atoms with Gasteiger partial charge in [-0.2, -0.15) is 0 Å². The van der Waals surface area contributed by atoms with Gasteiger partial charge >= 0.3 is 0 Å². The molecule has 1 aliphatic heterocycles. The molecule has 210 valence electrons. The lowest BCUT2D eigenvalue weighted by Gasteiger charge is -2.31. The van der Waals surface area contributed by atoms with E-state index in [2.05, 4.69) is 15.6 Å². The fraction of sp³-hybridized carbons (Fsp3) is 0.296. The summed E-state index contributed by atoms with van der Waals surface area (Å²) in [5, 5.41) is 8.60. The van der Waals surface area contributed by atoms with Crippen LogP contribution >= 0.6 is 11.8 Å². The minimum Gasteiger partial charge on any atom is -0.493 e. The number of ketones is 1. The van der Waals surface area contributed by atoms with Crippen molar-refractivity contribution in [1.82, 2.24) is 14.9 Å². The molecule has 12 nitrogen and oxygen atoms in total. The molecule has 1 N–H and O–H groups in total. The van der Waals surface area contributed by atoms with Gasteiger partial charge in [-0.05, 0) is 36.4 Å². The van der Waals surface area contributed by atoms with Gasteiger partial charge in [0.1, 0.15) is 17.1 Å². The van der Waals surface area contributed by atoms with Gasteiger partial charge in [-0.3, -0.25) is 4.79 Å².